The van der Waals surface area contributed by atoms with Crippen molar-refractivity contribution in [2.24, 2.45) is 0 Å². The van der Waals surface area contributed by atoms with Gasteiger partial charge in [-0.05, 0) is 31.5 Å². The molecule has 15 heavy (non-hydrogen) atoms. The molecule has 1 aromatic carbocycles. The minimum Gasteiger partial charge on any atom is -0.389 e. The Balaban J connectivity index is 2.62. The standard InChI is InChI=1S/C11H12BrNO2/c1-5-8-3-7(12)4-9(6(2)14)10(8)13-11(5)15/h3-6,14H,1-2H3,(H,13,15). The second-order valence-corrected chi connectivity index (χ2v) is 4.76. The van der Waals surface area contributed by atoms with Crippen LogP contribution in [0, 0.1) is 0 Å². The van der Waals surface area contributed by atoms with Crippen molar-refractivity contribution >= 4 is 27.5 Å². The number of aliphatic hydroxyl groups is 1. The highest BCUT2D eigenvalue weighted by atomic mass is 79.9. The van der Waals surface area contributed by atoms with Gasteiger partial charge in [0.2, 0.25) is 5.91 Å². The van der Waals surface area contributed by atoms with Crippen LogP contribution in [0.3, 0.4) is 0 Å². The molecule has 1 heterocycles. The van der Waals surface area contributed by atoms with E-state index in [1.54, 1.807) is 6.92 Å². The Bertz CT molecular complexity index is 429. The molecule has 0 spiro atoms. The van der Waals surface area contributed by atoms with E-state index in [9.17, 15) is 9.90 Å². The molecule has 80 valence electrons. The normalized spacial score (nSPS) is 21.1. The topological polar surface area (TPSA) is 49.3 Å². The van der Waals surface area contributed by atoms with E-state index in [1.165, 1.54) is 0 Å². The van der Waals surface area contributed by atoms with E-state index in [2.05, 4.69) is 21.2 Å². The molecule has 0 aromatic heterocycles. The van der Waals surface area contributed by atoms with E-state index >= 15 is 0 Å². The van der Waals surface area contributed by atoms with E-state index in [1.807, 2.05) is 19.1 Å². The smallest absolute Gasteiger partial charge is 0.231 e. The lowest BCUT2D eigenvalue weighted by atomic mass is 9.98. The predicted molar refractivity (Wildman–Crippen MR) is 61.8 cm³/mol. The van der Waals surface area contributed by atoms with Crippen molar-refractivity contribution in [1.29, 1.82) is 0 Å². The summed E-state index contributed by atoms with van der Waals surface area (Å²) in [7, 11) is 0. The lowest BCUT2D eigenvalue weighted by molar-refractivity contribution is -0.116. The highest BCUT2D eigenvalue weighted by Gasteiger charge is 2.29. The molecule has 1 aliphatic heterocycles. The van der Waals surface area contributed by atoms with Crippen molar-refractivity contribution in [2.45, 2.75) is 25.9 Å². The Morgan fingerprint density at radius 2 is 2.20 bits per heavy atom. The zero-order valence-electron chi connectivity index (χ0n) is 8.54. The number of carbonyl (C=O) groups is 1. The van der Waals surface area contributed by atoms with Crippen LogP contribution < -0.4 is 5.32 Å². The summed E-state index contributed by atoms with van der Waals surface area (Å²) in [5, 5.41) is 12.4. The summed E-state index contributed by atoms with van der Waals surface area (Å²) in [5.41, 5.74) is 2.48. The highest BCUT2D eigenvalue weighted by molar-refractivity contribution is 9.10. The van der Waals surface area contributed by atoms with Crippen molar-refractivity contribution < 1.29 is 9.90 Å². The first-order valence-electron chi connectivity index (χ1n) is 4.83. The number of aliphatic hydroxyl groups excluding tert-OH is 1. The fraction of sp³-hybridized carbons (Fsp3) is 0.364. The van der Waals surface area contributed by atoms with Gasteiger partial charge in [0.25, 0.3) is 0 Å². The van der Waals surface area contributed by atoms with Crippen LogP contribution in [-0.2, 0) is 4.79 Å². The first kappa shape index (κ1) is 10.6. The first-order valence-corrected chi connectivity index (χ1v) is 5.62. The van der Waals surface area contributed by atoms with Gasteiger partial charge in [-0.15, -0.1) is 0 Å². The average Bonchev–Trinajstić information content (AvgIpc) is 2.43. The maximum atomic E-state index is 11.5. The van der Waals surface area contributed by atoms with Crippen molar-refractivity contribution in [3.8, 4) is 0 Å². The molecule has 2 atom stereocenters. The van der Waals surface area contributed by atoms with Crippen LogP contribution >= 0.6 is 15.9 Å². The van der Waals surface area contributed by atoms with Crippen molar-refractivity contribution in [1.82, 2.24) is 0 Å². The van der Waals surface area contributed by atoms with Gasteiger partial charge in [0.15, 0.2) is 0 Å². The third-order valence-corrected chi connectivity index (χ3v) is 3.18. The number of rotatable bonds is 1. The lowest BCUT2D eigenvalue weighted by Crippen LogP contribution is -2.09. The van der Waals surface area contributed by atoms with Gasteiger partial charge in [-0.2, -0.15) is 0 Å². The van der Waals surface area contributed by atoms with Crippen LogP contribution in [0.4, 0.5) is 5.69 Å². The molecule has 0 saturated heterocycles. The van der Waals surface area contributed by atoms with Crippen molar-refractivity contribution in [3.05, 3.63) is 27.7 Å². The number of fused-ring (bicyclic) bond motifs is 1. The van der Waals surface area contributed by atoms with Crippen LogP contribution in [0.25, 0.3) is 0 Å². The molecule has 1 aromatic rings. The molecule has 0 fully saturated rings. The van der Waals surface area contributed by atoms with Gasteiger partial charge >= 0.3 is 0 Å². The van der Waals surface area contributed by atoms with Gasteiger partial charge in [-0.1, -0.05) is 15.9 Å². The molecule has 0 saturated carbocycles. The second kappa shape index (κ2) is 3.61. The first-order chi connectivity index (χ1) is 7.00. The van der Waals surface area contributed by atoms with Crippen LogP contribution in [-0.4, -0.2) is 11.0 Å². The lowest BCUT2D eigenvalue weighted by Gasteiger charge is -2.11. The zero-order valence-corrected chi connectivity index (χ0v) is 10.1. The van der Waals surface area contributed by atoms with Crippen molar-refractivity contribution in [3.63, 3.8) is 0 Å². The fourth-order valence-electron chi connectivity index (χ4n) is 1.84. The van der Waals surface area contributed by atoms with Crippen LogP contribution in [0.2, 0.25) is 0 Å². The fourth-order valence-corrected chi connectivity index (χ4v) is 2.33. The number of hydrogen-bond acceptors (Lipinski definition) is 2. The molecule has 2 rings (SSSR count). The molecular formula is C11H12BrNO2. The minimum absolute atomic E-state index is 0.00926. The molecular weight excluding hydrogens is 258 g/mol. The molecule has 0 bridgehead atoms. The monoisotopic (exact) mass is 269 g/mol. The molecule has 2 N–H and O–H groups in total. The molecule has 3 nitrogen and oxygen atoms in total. The van der Waals surface area contributed by atoms with Gasteiger partial charge < -0.3 is 10.4 Å². The number of nitrogens with one attached hydrogen (secondary N) is 1. The summed E-state index contributed by atoms with van der Waals surface area (Å²) in [6.07, 6.45) is -0.582. The summed E-state index contributed by atoms with van der Waals surface area (Å²) in [5.74, 6) is -0.153. The molecule has 1 aliphatic rings. The number of carbonyl (C=O) groups excluding carboxylic acids is 1. The number of anilines is 1. The predicted octanol–water partition coefficient (Wildman–Crippen LogP) is 2.56. The third kappa shape index (κ3) is 1.68. The summed E-state index contributed by atoms with van der Waals surface area (Å²) < 4.78 is 0.889. The Kier molecular flexibility index (Phi) is 2.56. The van der Waals surface area contributed by atoms with E-state index in [4.69, 9.17) is 0 Å². The van der Waals surface area contributed by atoms with Gasteiger partial charge in [0, 0.05) is 10.0 Å². The summed E-state index contributed by atoms with van der Waals surface area (Å²) in [4.78, 5) is 11.5. The molecule has 0 aliphatic carbocycles. The van der Waals surface area contributed by atoms with Crippen LogP contribution in [0.1, 0.15) is 37.0 Å². The number of halogens is 1. The third-order valence-electron chi connectivity index (χ3n) is 2.72. The van der Waals surface area contributed by atoms with E-state index in [-0.39, 0.29) is 11.8 Å². The number of hydrogen-bond donors (Lipinski definition) is 2. The maximum absolute atomic E-state index is 11.5. The van der Waals surface area contributed by atoms with E-state index in [0.29, 0.717) is 0 Å². The molecule has 2 unspecified atom stereocenters. The Morgan fingerprint density at radius 3 is 2.80 bits per heavy atom. The number of amides is 1. The molecule has 1 amide bonds. The Labute approximate surface area is 96.6 Å². The van der Waals surface area contributed by atoms with Gasteiger partial charge in [0.1, 0.15) is 0 Å². The molecule has 0 radical (unpaired) electrons. The van der Waals surface area contributed by atoms with E-state index < -0.39 is 6.10 Å². The maximum Gasteiger partial charge on any atom is 0.231 e. The SMILES string of the molecule is CC(O)c1cc(Br)cc2c1NC(=O)C2C. The zero-order chi connectivity index (χ0) is 11.2. The van der Waals surface area contributed by atoms with Crippen LogP contribution in [0.5, 0.6) is 0 Å². The Hall–Kier alpha value is -0.870. The summed E-state index contributed by atoms with van der Waals surface area (Å²) in [6.45, 7) is 3.55. The number of benzene rings is 1. The minimum atomic E-state index is -0.582. The average molecular weight is 270 g/mol. The largest absolute Gasteiger partial charge is 0.389 e. The quantitative estimate of drug-likeness (QED) is 0.823. The van der Waals surface area contributed by atoms with Crippen molar-refractivity contribution in [2.75, 3.05) is 5.32 Å². The van der Waals surface area contributed by atoms with Gasteiger partial charge in [-0.25, -0.2) is 0 Å². The van der Waals surface area contributed by atoms with Gasteiger partial charge in [-0.3, -0.25) is 4.79 Å². The Morgan fingerprint density at radius 1 is 1.53 bits per heavy atom. The molecule has 4 heteroatoms. The van der Waals surface area contributed by atoms with Crippen LogP contribution in [0.15, 0.2) is 16.6 Å². The summed E-state index contributed by atoms with van der Waals surface area (Å²) in [6, 6.07) is 3.76. The summed E-state index contributed by atoms with van der Waals surface area (Å²) >= 11 is 3.38. The van der Waals surface area contributed by atoms with Gasteiger partial charge in [0.05, 0.1) is 17.7 Å². The second-order valence-electron chi connectivity index (χ2n) is 3.85. The van der Waals surface area contributed by atoms with E-state index in [0.717, 1.165) is 21.3 Å². The highest BCUT2D eigenvalue weighted by Crippen LogP contribution is 2.39.